The van der Waals surface area contributed by atoms with Gasteiger partial charge in [-0.3, -0.25) is 9.69 Å². The van der Waals surface area contributed by atoms with Crippen molar-refractivity contribution in [2.24, 2.45) is 17.8 Å². The molecule has 0 unspecified atom stereocenters. The van der Waals surface area contributed by atoms with Crippen LogP contribution < -0.4 is 0 Å². The second-order valence-electron chi connectivity index (χ2n) is 9.05. The molecule has 0 bridgehead atoms. The molecule has 1 saturated heterocycles. The molecule has 0 N–H and O–H groups in total. The fraction of sp³-hybridized carbons (Fsp3) is 0.895. The summed E-state index contributed by atoms with van der Waals surface area (Å²) in [6.45, 7) is 9.97. The summed E-state index contributed by atoms with van der Waals surface area (Å²) >= 11 is 0. The number of rotatable bonds is 1. The topological polar surface area (TPSA) is 46.6 Å². The lowest BCUT2D eigenvalue weighted by atomic mass is 9.48. The van der Waals surface area contributed by atoms with Crippen molar-refractivity contribution in [1.82, 2.24) is 4.90 Å². The Hall–Kier alpha value is -1.06. The average molecular weight is 321 g/mol. The first-order chi connectivity index (χ1) is 10.7. The van der Waals surface area contributed by atoms with Crippen molar-refractivity contribution in [2.45, 2.75) is 90.3 Å². The Kier molecular flexibility index (Phi) is 4.01. The Bertz CT molecular complexity index is 507. The average Bonchev–Trinajstić information content (AvgIpc) is 2.37. The van der Waals surface area contributed by atoms with Crippen LogP contribution in [0, 0.1) is 17.8 Å². The maximum absolute atomic E-state index is 13.1. The number of amides is 1. The Balaban J connectivity index is 1.98. The molecule has 3 rings (SSSR count). The molecule has 1 amide bonds. The van der Waals surface area contributed by atoms with Gasteiger partial charge in [-0.05, 0) is 51.9 Å². The third-order valence-corrected chi connectivity index (χ3v) is 6.15. The molecule has 1 aliphatic heterocycles. The summed E-state index contributed by atoms with van der Waals surface area (Å²) in [5.41, 5.74) is -0.745. The van der Waals surface area contributed by atoms with Gasteiger partial charge in [0.25, 0.3) is 0 Å². The molecular formula is C19H31NO3. The molecule has 4 nitrogen and oxygen atoms in total. The van der Waals surface area contributed by atoms with Gasteiger partial charge in [0.15, 0.2) is 0 Å². The number of carbonyl (C=O) groups is 2. The molecule has 1 spiro atoms. The van der Waals surface area contributed by atoms with E-state index < -0.39 is 5.60 Å². The highest BCUT2D eigenvalue weighted by atomic mass is 16.6. The number of hydrogen-bond donors (Lipinski definition) is 0. The van der Waals surface area contributed by atoms with Gasteiger partial charge in [0.2, 0.25) is 0 Å². The number of ketones is 1. The monoisotopic (exact) mass is 321 g/mol. The maximum atomic E-state index is 13.1. The Labute approximate surface area is 139 Å². The van der Waals surface area contributed by atoms with E-state index >= 15 is 0 Å². The van der Waals surface area contributed by atoms with E-state index in [0.717, 1.165) is 25.7 Å². The molecule has 1 heterocycles. The number of likely N-dealkylation sites (tertiary alicyclic amines) is 1. The van der Waals surface area contributed by atoms with E-state index in [9.17, 15) is 9.59 Å². The predicted octanol–water partition coefficient (Wildman–Crippen LogP) is 4.17. The number of Topliss-reactive ketones (excluding diaryl/α,β-unsaturated/α-hetero) is 1. The van der Waals surface area contributed by atoms with Crippen molar-refractivity contribution < 1.29 is 14.3 Å². The van der Waals surface area contributed by atoms with Crippen molar-refractivity contribution in [3.05, 3.63) is 0 Å². The van der Waals surface area contributed by atoms with Gasteiger partial charge in [-0.15, -0.1) is 0 Å². The second kappa shape index (κ2) is 5.49. The molecular weight excluding hydrogens is 290 g/mol. The summed E-state index contributed by atoms with van der Waals surface area (Å²) < 4.78 is 5.76. The first kappa shape index (κ1) is 16.8. The quantitative estimate of drug-likeness (QED) is 0.728. The summed E-state index contributed by atoms with van der Waals surface area (Å²) in [4.78, 5) is 27.8. The van der Waals surface area contributed by atoms with Gasteiger partial charge >= 0.3 is 6.09 Å². The van der Waals surface area contributed by atoms with Crippen molar-refractivity contribution in [3.63, 3.8) is 0 Å². The lowest BCUT2D eigenvalue weighted by Crippen LogP contribution is -2.76. The predicted molar refractivity (Wildman–Crippen MR) is 89.1 cm³/mol. The van der Waals surface area contributed by atoms with Crippen LogP contribution in [0.4, 0.5) is 4.79 Å². The molecule has 0 aromatic rings. The highest BCUT2D eigenvalue weighted by molar-refractivity contribution is 5.88. The van der Waals surface area contributed by atoms with Crippen molar-refractivity contribution in [3.8, 4) is 0 Å². The molecule has 130 valence electrons. The first-order valence-electron chi connectivity index (χ1n) is 9.22. The number of ether oxygens (including phenoxy) is 1. The minimum atomic E-state index is -0.500. The van der Waals surface area contributed by atoms with Crippen LogP contribution >= 0.6 is 0 Å². The molecule has 2 aliphatic carbocycles. The van der Waals surface area contributed by atoms with Crippen LogP contribution in [0.15, 0.2) is 0 Å². The van der Waals surface area contributed by atoms with Crippen LogP contribution in [0.2, 0.25) is 0 Å². The van der Waals surface area contributed by atoms with Crippen LogP contribution in [0.3, 0.4) is 0 Å². The largest absolute Gasteiger partial charge is 0.444 e. The summed E-state index contributed by atoms with van der Waals surface area (Å²) in [5, 5.41) is 0. The van der Waals surface area contributed by atoms with Crippen LogP contribution in [0.5, 0.6) is 0 Å². The smallest absolute Gasteiger partial charge is 0.411 e. The van der Waals surface area contributed by atoms with Crippen molar-refractivity contribution in [2.75, 3.05) is 0 Å². The Morgan fingerprint density at radius 3 is 2.57 bits per heavy atom. The summed E-state index contributed by atoms with van der Waals surface area (Å²) in [5.74, 6) is 1.18. The van der Waals surface area contributed by atoms with Crippen LogP contribution in [0.1, 0.15) is 73.1 Å². The van der Waals surface area contributed by atoms with Gasteiger partial charge in [-0.25, -0.2) is 4.79 Å². The third-order valence-electron chi connectivity index (χ3n) is 6.15. The summed E-state index contributed by atoms with van der Waals surface area (Å²) in [6, 6.07) is -0.0190. The van der Waals surface area contributed by atoms with E-state index in [1.165, 1.54) is 6.42 Å². The molecule has 0 radical (unpaired) electrons. The second-order valence-corrected chi connectivity index (χ2v) is 9.05. The third kappa shape index (κ3) is 2.58. The molecule has 4 atom stereocenters. The number of piperidine rings is 1. The SMILES string of the molecule is CC(C)[C@H]1CC(=O)[C@@H]2C[C@@H]3CCCC[C@]32N1C(=O)OC(C)(C)C. The minimum absolute atomic E-state index is 0.0190. The Morgan fingerprint density at radius 1 is 1.30 bits per heavy atom. The highest BCUT2D eigenvalue weighted by Crippen LogP contribution is 2.60. The number of carbonyl (C=O) groups excluding carboxylic acids is 2. The van der Waals surface area contributed by atoms with E-state index in [2.05, 4.69) is 13.8 Å². The Morgan fingerprint density at radius 2 is 2.00 bits per heavy atom. The zero-order valence-corrected chi connectivity index (χ0v) is 15.2. The highest BCUT2D eigenvalue weighted by Gasteiger charge is 2.66. The van der Waals surface area contributed by atoms with Gasteiger partial charge in [-0.1, -0.05) is 26.7 Å². The maximum Gasteiger partial charge on any atom is 0.411 e. The van der Waals surface area contributed by atoms with Gasteiger partial charge < -0.3 is 4.74 Å². The van der Waals surface area contributed by atoms with Gasteiger partial charge in [0.1, 0.15) is 11.4 Å². The fourth-order valence-electron chi connectivity index (χ4n) is 5.16. The molecule has 0 aromatic carbocycles. The van der Waals surface area contributed by atoms with E-state index in [-0.39, 0.29) is 29.5 Å². The lowest BCUT2D eigenvalue weighted by molar-refractivity contribution is -0.180. The minimum Gasteiger partial charge on any atom is -0.444 e. The molecule has 4 heteroatoms. The molecule has 3 fully saturated rings. The lowest BCUT2D eigenvalue weighted by Gasteiger charge is -2.67. The summed E-state index contributed by atoms with van der Waals surface area (Å²) in [6.07, 6.45) is 5.72. The molecule has 23 heavy (non-hydrogen) atoms. The standard InChI is InChI=1S/C19H31NO3/c1-12(2)15-11-16(21)14-10-13-8-6-7-9-19(13,14)20(15)17(22)23-18(3,4)5/h12-15H,6-11H2,1-5H3/t13-,14-,15+,19-/m0/s1. The molecule has 2 saturated carbocycles. The normalized spacial score (nSPS) is 37.0. The van der Waals surface area contributed by atoms with E-state index in [1.54, 1.807) is 0 Å². The van der Waals surface area contributed by atoms with Crippen LogP contribution in [-0.4, -0.2) is 34.0 Å². The van der Waals surface area contributed by atoms with Crippen molar-refractivity contribution >= 4 is 11.9 Å². The first-order valence-corrected chi connectivity index (χ1v) is 9.22. The molecule has 0 aromatic heterocycles. The van der Waals surface area contributed by atoms with Gasteiger partial charge in [-0.2, -0.15) is 0 Å². The summed E-state index contributed by atoms with van der Waals surface area (Å²) in [7, 11) is 0. The van der Waals surface area contributed by atoms with E-state index in [1.807, 2.05) is 25.7 Å². The van der Waals surface area contributed by atoms with E-state index in [0.29, 0.717) is 18.1 Å². The van der Waals surface area contributed by atoms with Crippen LogP contribution in [-0.2, 0) is 9.53 Å². The van der Waals surface area contributed by atoms with Gasteiger partial charge in [0.05, 0.1) is 5.54 Å². The zero-order chi connectivity index (χ0) is 17.0. The fourth-order valence-corrected chi connectivity index (χ4v) is 5.16. The molecule has 3 aliphatic rings. The van der Waals surface area contributed by atoms with Crippen LogP contribution in [0.25, 0.3) is 0 Å². The van der Waals surface area contributed by atoms with E-state index in [4.69, 9.17) is 4.74 Å². The number of hydrogen-bond acceptors (Lipinski definition) is 3. The van der Waals surface area contributed by atoms with Crippen molar-refractivity contribution in [1.29, 1.82) is 0 Å². The number of nitrogens with zero attached hydrogens (tertiary/aromatic N) is 1. The zero-order valence-electron chi connectivity index (χ0n) is 15.2. The van der Waals surface area contributed by atoms with Gasteiger partial charge in [0, 0.05) is 18.4 Å².